The summed E-state index contributed by atoms with van der Waals surface area (Å²) >= 11 is 0. The number of nitro benzene ring substituents is 1. The Kier molecular flexibility index (Phi) is 4.56. The molecule has 0 aliphatic heterocycles. The van der Waals surface area contributed by atoms with Crippen LogP contribution in [0, 0.1) is 17.0 Å². The number of nitro groups is 1. The molecule has 0 bridgehead atoms. The van der Waals surface area contributed by atoms with Gasteiger partial charge < -0.3 is 5.32 Å². The Morgan fingerprint density at radius 2 is 1.96 bits per heavy atom. The third kappa shape index (κ3) is 3.47. The number of hydrogen-bond acceptors (Lipinski definition) is 7. The molecule has 2 aromatic carbocycles. The van der Waals surface area contributed by atoms with E-state index in [0.29, 0.717) is 28.8 Å². The van der Waals surface area contributed by atoms with Crippen LogP contribution >= 0.6 is 0 Å². The van der Waals surface area contributed by atoms with Crippen molar-refractivity contribution in [3.8, 4) is 0 Å². The van der Waals surface area contributed by atoms with Gasteiger partial charge >= 0.3 is 0 Å². The standard InChI is InChI=1S/C17H16N4O4S/c1-11-12(4-3-5-16(11)21(22)23)9-18-17-14-8-13(26(2,24)25)6-7-15(14)19-10-20-17/h3-8,10H,9H2,1-2H3,(H,18,19,20). The second-order valence-electron chi connectivity index (χ2n) is 5.85. The Labute approximate surface area is 150 Å². The minimum Gasteiger partial charge on any atom is -0.365 e. The van der Waals surface area contributed by atoms with Crippen LogP contribution < -0.4 is 5.32 Å². The molecule has 26 heavy (non-hydrogen) atoms. The molecule has 0 saturated carbocycles. The van der Waals surface area contributed by atoms with E-state index in [1.807, 2.05) is 0 Å². The first-order valence-electron chi connectivity index (χ1n) is 7.69. The highest BCUT2D eigenvalue weighted by Gasteiger charge is 2.14. The van der Waals surface area contributed by atoms with E-state index >= 15 is 0 Å². The number of nitrogens with zero attached hydrogens (tertiary/aromatic N) is 3. The molecular formula is C17H16N4O4S. The van der Waals surface area contributed by atoms with E-state index in [1.54, 1.807) is 25.1 Å². The van der Waals surface area contributed by atoms with Crippen molar-refractivity contribution in [3.05, 3.63) is 64.0 Å². The van der Waals surface area contributed by atoms with Gasteiger partial charge in [0.25, 0.3) is 5.69 Å². The maximum Gasteiger partial charge on any atom is 0.272 e. The molecule has 0 unspecified atom stereocenters. The number of fused-ring (bicyclic) bond motifs is 1. The number of rotatable bonds is 5. The van der Waals surface area contributed by atoms with Crippen LogP contribution in [0.1, 0.15) is 11.1 Å². The molecule has 1 heterocycles. The molecule has 0 fully saturated rings. The minimum absolute atomic E-state index is 0.0520. The van der Waals surface area contributed by atoms with Crippen LogP contribution in [-0.4, -0.2) is 29.6 Å². The lowest BCUT2D eigenvalue weighted by atomic mass is 10.1. The Morgan fingerprint density at radius 1 is 1.19 bits per heavy atom. The van der Waals surface area contributed by atoms with Gasteiger partial charge in [-0.05, 0) is 30.7 Å². The Hall–Kier alpha value is -3.07. The van der Waals surface area contributed by atoms with Gasteiger partial charge in [-0.3, -0.25) is 10.1 Å². The number of nitrogens with one attached hydrogen (secondary N) is 1. The second kappa shape index (κ2) is 6.68. The number of sulfone groups is 1. The fraction of sp³-hybridized carbons (Fsp3) is 0.176. The number of benzene rings is 2. The lowest BCUT2D eigenvalue weighted by Gasteiger charge is -2.11. The normalized spacial score (nSPS) is 11.5. The number of anilines is 1. The topological polar surface area (TPSA) is 115 Å². The predicted molar refractivity (Wildman–Crippen MR) is 97.8 cm³/mol. The Bertz CT molecular complexity index is 1110. The zero-order valence-electron chi connectivity index (χ0n) is 14.1. The van der Waals surface area contributed by atoms with E-state index in [-0.39, 0.29) is 10.6 Å². The summed E-state index contributed by atoms with van der Waals surface area (Å²) in [6.45, 7) is 2.00. The van der Waals surface area contributed by atoms with Crippen molar-refractivity contribution in [2.45, 2.75) is 18.4 Å². The average Bonchev–Trinajstić information content (AvgIpc) is 2.59. The maximum absolute atomic E-state index is 11.8. The molecule has 1 N–H and O–H groups in total. The van der Waals surface area contributed by atoms with Gasteiger partial charge in [0.2, 0.25) is 0 Å². The molecule has 3 aromatic rings. The molecule has 9 heteroatoms. The number of hydrogen-bond donors (Lipinski definition) is 1. The first-order valence-corrected chi connectivity index (χ1v) is 9.58. The van der Waals surface area contributed by atoms with Gasteiger partial charge in [-0.15, -0.1) is 0 Å². The van der Waals surface area contributed by atoms with Gasteiger partial charge in [0.1, 0.15) is 12.1 Å². The largest absolute Gasteiger partial charge is 0.365 e. The molecule has 1 aromatic heterocycles. The lowest BCUT2D eigenvalue weighted by molar-refractivity contribution is -0.385. The van der Waals surface area contributed by atoms with E-state index in [9.17, 15) is 18.5 Å². The van der Waals surface area contributed by atoms with Crippen LogP contribution in [0.5, 0.6) is 0 Å². The smallest absolute Gasteiger partial charge is 0.272 e. The Morgan fingerprint density at radius 3 is 2.65 bits per heavy atom. The summed E-state index contributed by atoms with van der Waals surface area (Å²) in [5, 5.41) is 14.8. The van der Waals surface area contributed by atoms with Gasteiger partial charge in [-0.2, -0.15) is 0 Å². The summed E-state index contributed by atoms with van der Waals surface area (Å²) in [4.78, 5) is 19.1. The van der Waals surface area contributed by atoms with Gasteiger partial charge in [0, 0.05) is 29.8 Å². The third-order valence-corrected chi connectivity index (χ3v) is 5.21. The van der Waals surface area contributed by atoms with Gasteiger partial charge in [-0.25, -0.2) is 18.4 Å². The zero-order chi connectivity index (χ0) is 18.9. The van der Waals surface area contributed by atoms with Crippen LogP contribution in [0.3, 0.4) is 0 Å². The van der Waals surface area contributed by atoms with Crippen LogP contribution in [-0.2, 0) is 16.4 Å². The lowest BCUT2D eigenvalue weighted by Crippen LogP contribution is -2.06. The van der Waals surface area contributed by atoms with Crippen molar-refractivity contribution in [2.24, 2.45) is 0 Å². The molecule has 0 aliphatic rings. The van der Waals surface area contributed by atoms with Gasteiger partial charge in [0.05, 0.1) is 15.3 Å². The first kappa shape index (κ1) is 17.7. The van der Waals surface area contributed by atoms with Crippen molar-refractivity contribution in [2.75, 3.05) is 11.6 Å². The van der Waals surface area contributed by atoms with Crippen LogP contribution in [0.2, 0.25) is 0 Å². The first-order chi connectivity index (χ1) is 12.3. The van der Waals surface area contributed by atoms with Gasteiger partial charge in [0.15, 0.2) is 9.84 Å². The fourth-order valence-corrected chi connectivity index (χ4v) is 3.29. The van der Waals surface area contributed by atoms with E-state index < -0.39 is 14.8 Å². The highest BCUT2D eigenvalue weighted by atomic mass is 32.2. The summed E-state index contributed by atoms with van der Waals surface area (Å²) in [6, 6.07) is 9.52. The molecule has 0 radical (unpaired) electrons. The van der Waals surface area contributed by atoms with E-state index in [4.69, 9.17) is 0 Å². The third-order valence-electron chi connectivity index (χ3n) is 4.10. The average molecular weight is 372 g/mol. The van der Waals surface area contributed by atoms with Crippen molar-refractivity contribution in [1.82, 2.24) is 9.97 Å². The van der Waals surface area contributed by atoms with E-state index in [0.717, 1.165) is 11.8 Å². The SMILES string of the molecule is Cc1c(CNc2ncnc3ccc(S(C)(=O)=O)cc23)cccc1[N+](=O)[O-]. The summed E-state index contributed by atoms with van der Waals surface area (Å²) in [5.41, 5.74) is 1.98. The minimum atomic E-state index is -3.36. The summed E-state index contributed by atoms with van der Waals surface area (Å²) in [7, 11) is -3.36. The van der Waals surface area contributed by atoms with Crippen molar-refractivity contribution < 1.29 is 13.3 Å². The summed E-state index contributed by atoms with van der Waals surface area (Å²) in [5.74, 6) is 0.464. The molecule has 0 amide bonds. The number of aromatic nitrogens is 2. The van der Waals surface area contributed by atoms with Crippen LogP contribution in [0.15, 0.2) is 47.6 Å². The van der Waals surface area contributed by atoms with Crippen molar-refractivity contribution in [1.29, 1.82) is 0 Å². The highest BCUT2D eigenvalue weighted by molar-refractivity contribution is 7.90. The molecule has 0 atom stereocenters. The van der Waals surface area contributed by atoms with Crippen LogP contribution in [0.25, 0.3) is 10.9 Å². The monoisotopic (exact) mass is 372 g/mol. The Balaban J connectivity index is 1.97. The maximum atomic E-state index is 11.8. The molecule has 0 aliphatic carbocycles. The quantitative estimate of drug-likeness (QED) is 0.541. The van der Waals surface area contributed by atoms with Crippen LogP contribution in [0.4, 0.5) is 11.5 Å². The molecule has 134 valence electrons. The van der Waals surface area contributed by atoms with E-state index in [1.165, 1.54) is 24.5 Å². The molecule has 3 rings (SSSR count). The molecular weight excluding hydrogens is 356 g/mol. The summed E-state index contributed by atoms with van der Waals surface area (Å²) < 4.78 is 23.6. The zero-order valence-corrected chi connectivity index (χ0v) is 14.9. The van der Waals surface area contributed by atoms with Crippen molar-refractivity contribution in [3.63, 3.8) is 0 Å². The fourth-order valence-electron chi connectivity index (χ4n) is 2.65. The second-order valence-corrected chi connectivity index (χ2v) is 7.86. The highest BCUT2D eigenvalue weighted by Crippen LogP contribution is 2.25. The van der Waals surface area contributed by atoms with Gasteiger partial charge in [-0.1, -0.05) is 12.1 Å². The van der Waals surface area contributed by atoms with Crippen molar-refractivity contribution >= 4 is 32.2 Å². The van der Waals surface area contributed by atoms with E-state index in [2.05, 4.69) is 15.3 Å². The predicted octanol–water partition coefficient (Wildman–Crippen LogP) is 2.86. The molecule has 0 saturated heterocycles. The molecule has 8 nitrogen and oxygen atoms in total. The summed E-state index contributed by atoms with van der Waals surface area (Å²) in [6.07, 6.45) is 2.52. The molecule has 0 spiro atoms.